The number of nitrogen functional groups attached to an aromatic ring is 1. The molecular weight excluding hydrogens is 262 g/mol. The lowest BCUT2D eigenvalue weighted by molar-refractivity contribution is 0.416. The molecule has 0 saturated carbocycles. The molecular formula is C14H18ClN3O. The van der Waals surface area contributed by atoms with Crippen molar-refractivity contribution in [3.05, 3.63) is 28.8 Å². The number of hydrogen-bond donors (Lipinski definition) is 2. The highest BCUT2D eigenvalue weighted by Crippen LogP contribution is 2.35. The average molecular weight is 280 g/mol. The third-order valence-electron chi connectivity index (χ3n) is 2.94. The summed E-state index contributed by atoms with van der Waals surface area (Å²) in [4.78, 5) is 0. The summed E-state index contributed by atoms with van der Waals surface area (Å²) in [7, 11) is 1.62. The first kappa shape index (κ1) is 13.7. The molecule has 1 heterocycles. The minimum Gasteiger partial charge on any atom is -0.496 e. The molecule has 0 aliphatic heterocycles. The summed E-state index contributed by atoms with van der Waals surface area (Å²) in [5, 5.41) is 7.74. The third kappa shape index (κ3) is 2.84. The molecule has 1 aromatic carbocycles. The van der Waals surface area contributed by atoms with Gasteiger partial charge in [-0.2, -0.15) is 5.10 Å². The van der Waals surface area contributed by atoms with Crippen LogP contribution in [0.3, 0.4) is 0 Å². The number of H-pyrrole nitrogens is 1. The Labute approximate surface area is 117 Å². The fourth-order valence-electron chi connectivity index (χ4n) is 2.09. The highest BCUT2D eigenvalue weighted by molar-refractivity contribution is 6.30. The van der Waals surface area contributed by atoms with Crippen LogP contribution in [0, 0.1) is 5.92 Å². The number of methoxy groups -OCH3 is 1. The highest BCUT2D eigenvalue weighted by atomic mass is 35.5. The van der Waals surface area contributed by atoms with Gasteiger partial charge in [0.25, 0.3) is 0 Å². The maximum absolute atomic E-state index is 5.98. The number of hydrogen-bond acceptors (Lipinski definition) is 3. The van der Waals surface area contributed by atoms with Gasteiger partial charge >= 0.3 is 0 Å². The largest absolute Gasteiger partial charge is 0.496 e. The predicted molar refractivity (Wildman–Crippen MR) is 78.5 cm³/mol. The van der Waals surface area contributed by atoms with Crippen molar-refractivity contribution in [3.8, 4) is 17.0 Å². The molecule has 0 fully saturated rings. The molecule has 0 bridgehead atoms. The normalized spacial score (nSPS) is 11.0. The van der Waals surface area contributed by atoms with E-state index in [-0.39, 0.29) is 0 Å². The van der Waals surface area contributed by atoms with Gasteiger partial charge in [-0.25, -0.2) is 0 Å². The molecule has 0 saturated heterocycles. The third-order valence-corrected chi connectivity index (χ3v) is 3.18. The van der Waals surface area contributed by atoms with Gasteiger partial charge in [0.05, 0.1) is 12.8 Å². The summed E-state index contributed by atoms with van der Waals surface area (Å²) in [6.07, 6.45) is 0.865. The van der Waals surface area contributed by atoms with E-state index in [1.807, 2.05) is 12.1 Å². The summed E-state index contributed by atoms with van der Waals surface area (Å²) < 4.78 is 5.38. The number of ether oxygens (including phenoxy) is 1. The number of aromatic amines is 1. The number of aromatic nitrogens is 2. The van der Waals surface area contributed by atoms with Crippen LogP contribution in [-0.4, -0.2) is 17.3 Å². The molecule has 0 aliphatic rings. The Morgan fingerprint density at radius 3 is 2.79 bits per heavy atom. The lowest BCUT2D eigenvalue weighted by atomic mass is 9.99. The van der Waals surface area contributed by atoms with Crippen molar-refractivity contribution in [2.45, 2.75) is 20.3 Å². The molecule has 5 heteroatoms. The SMILES string of the molecule is COc1cc(Cl)ccc1-c1[nH]nc(N)c1CC(C)C. The van der Waals surface area contributed by atoms with Gasteiger partial charge in [0.1, 0.15) is 11.6 Å². The van der Waals surface area contributed by atoms with Crippen molar-refractivity contribution in [1.82, 2.24) is 10.2 Å². The van der Waals surface area contributed by atoms with Gasteiger partial charge in [0.15, 0.2) is 0 Å². The number of nitrogens with one attached hydrogen (secondary N) is 1. The van der Waals surface area contributed by atoms with E-state index in [4.69, 9.17) is 22.1 Å². The Hall–Kier alpha value is -1.68. The van der Waals surface area contributed by atoms with E-state index in [1.165, 1.54) is 0 Å². The van der Waals surface area contributed by atoms with Crippen LogP contribution in [-0.2, 0) is 6.42 Å². The average Bonchev–Trinajstić information content (AvgIpc) is 2.70. The Morgan fingerprint density at radius 2 is 2.16 bits per heavy atom. The molecule has 102 valence electrons. The Kier molecular flexibility index (Phi) is 4.00. The van der Waals surface area contributed by atoms with Crippen LogP contribution in [0.4, 0.5) is 5.82 Å². The Bertz CT molecular complexity index is 578. The van der Waals surface area contributed by atoms with Gasteiger partial charge in [0.2, 0.25) is 0 Å². The van der Waals surface area contributed by atoms with Gasteiger partial charge < -0.3 is 10.5 Å². The van der Waals surface area contributed by atoms with E-state index in [1.54, 1.807) is 13.2 Å². The molecule has 19 heavy (non-hydrogen) atoms. The summed E-state index contributed by atoms with van der Waals surface area (Å²) in [6.45, 7) is 4.30. The molecule has 0 unspecified atom stereocenters. The second kappa shape index (κ2) is 5.53. The van der Waals surface area contributed by atoms with Gasteiger partial charge in [-0.3, -0.25) is 5.10 Å². The standard InChI is InChI=1S/C14H18ClN3O/c1-8(2)6-11-13(17-18-14(11)16)10-5-4-9(15)7-12(10)19-3/h4-5,7-8H,6H2,1-3H3,(H3,16,17,18). The van der Waals surface area contributed by atoms with Crippen LogP contribution in [0.25, 0.3) is 11.3 Å². The van der Waals surface area contributed by atoms with Crippen LogP contribution >= 0.6 is 11.6 Å². The molecule has 3 N–H and O–H groups in total. The molecule has 0 radical (unpaired) electrons. The van der Waals surface area contributed by atoms with Crippen molar-refractivity contribution in [3.63, 3.8) is 0 Å². The summed E-state index contributed by atoms with van der Waals surface area (Å²) >= 11 is 5.98. The van der Waals surface area contributed by atoms with Crippen LogP contribution < -0.4 is 10.5 Å². The molecule has 2 rings (SSSR count). The quantitative estimate of drug-likeness (QED) is 0.900. The lowest BCUT2D eigenvalue weighted by Crippen LogP contribution is -1.99. The number of halogens is 1. The van der Waals surface area contributed by atoms with Crippen molar-refractivity contribution >= 4 is 17.4 Å². The topological polar surface area (TPSA) is 63.9 Å². The molecule has 1 aromatic heterocycles. The van der Waals surface area contributed by atoms with E-state index < -0.39 is 0 Å². The number of anilines is 1. The Morgan fingerprint density at radius 1 is 1.42 bits per heavy atom. The molecule has 2 aromatic rings. The predicted octanol–water partition coefficient (Wildman–Crippen LogP) is 3.52. The van der Waals surface area contributed by atoms with Gasteiger partial charge in [-0.05, 0) is 30.5 Å². The van der Waals surface area contributed by atoms with Gasteiger partial charge in [0, 0.05) is 16.1 Å². The van der Waals surface area contributed by atoms with Crippen molar-refractivity contribution in [1.29, 1.82) is 0 Å². The fourth-order valence-corrected chi connectivity index (χ4v) is 2.25. The second-order valence-electron chi connectivity index (χ2n) is 4.90. The number of rotatable bonds is 4. The Balaban J connectivity index is 2.53. The van der Waals surface area contributed by atoms with E-state index >= 15 is 0 Å². The zero-order valence-corrected chi connectivity index (χ0v) is 12.1. The summed E-state index contributed by atoms with van der Waals surface area (Å²) in [5.41, 5.74) is 8.79. The molecule has 0 amide bonds. The summed E-state index contributed by atoms with van der Waals surface area (Å²) in [6, 6.07) is 5.53. The second-order valence-corrected chi connectivity index (χ2v) is 5.34. The van der Waals surface area contributed by atoms with Gasteiger partial charge in [-0.1, -0.05) is 25.4 Å². The number of nitrogens with two attached hydrogens (primary N) is 1. The van der Waals surface area contributed by atoms with Gasteiger partial charge in [-0.15, -0.1) is 0 Å². The monoisotopic (exact) mass is 279 g/mol. The van der Waals surface area contributed by atoms with E-state index in [9.17, 15) is 0 Å². The molecule has 0 spiro atoms. The van der Waals surface area contributed by atoms with Crippen LogP contribution in [0.2, 0.25) is 5.02 Å². The van der Waals surface area contributed by atoms with E-state index in [0.717, 1.165) is 23.2 Å². The van der Waals surface area contributed by atoms with Crippen LogP contribution in [0.15, 0.2) is 18.2 Å². The smallest absolute Gasteiger partial charge is 0.149 e. The number of benzene rings is 1. The minimum absolute atomic E-state index is 0.497. The highest BCUT2D eigenvalue weighted by Gasteiger charge is 2.17. The lowest BCUT2D eigenvalue weighted by Gasteiger charge is -2.11. The fraction of sp³-hybridized carbons (Fsp3) is 0.357. The van der Waals surface area contributed by atoms with Crippen molar-refractivity contribution in [2.24, 2.45) is 5.92 Å². The van der Waals surface area contributed by atoms with E-state index in [2.05, 4.69) is 24.0 Å². The molecule has 0 aliphatic carbocycles. The first-order valence-electron chi connectivity index (χ1n) is 6.19. The van der Waals surface area contributed by atoms with Crippen LogP contribution in [0.5, 0.6) is 5.75 Å². The maximum Gasteiger partial charge on any atom is 0.149 e. The van der Waals surface area contributed by atoms with Crippen molar-refractivity contribution < 1.29 is 4.74 Å². The summed E-state index contributed by atoms with van der Waals surface area (Å²) in [5.74, 6) is 1.75. The molecule has 4 nitrogen and oxygen atoms in total. The van der Waals surface area contributed by atoms with Crippen molar-refractivity contribution in [2.75, 3.05) is 12.8 Å². The zero-order chi connectivity index (χ0) is 14.0. The van der Waals surface area contributed by atoms with Crippen LogP contribution in [0.1, 0.15) is 19.4 Å². The maximum atomic E-state index is 5.98. The minimum atomic E-state index is 0.497. The first-order chi connectivity index (χ1) is 9.02. The molecule has 0 atom stereocenters. The number of nitrogens with zero attached hydrogens (tertiary/aromatic N) is 1. The van der Waals surface area contributed by atoms with E-state index in [0.29, 0.717) is 22.5 Å². The first-order valence-corrected chi connectivity index (χ1v) is 6.57. The zero-order valence-electron chi connectivity index (χ0n) is 11.3.